The first-order valence-electron chi connectivity index (χ1n) is 6.89. The van der Waals surface area contributed by atoms with Crippen LogP contribution >= 0.6 is 11.3 Å². The van der Waals surface area contributed by atoms with Gasteiger partial charge in [-0.1, -0.05) is 0 Å². The topological polar surface area (TPSA) is 46.3 Å². The first kappa shape index (κ1) is 12.2. The summed E-state index contributed by atoms with van der Waals surface area (Å²) in [6.07, 6.45) is 5.94. The molecule has 0 bridgehead atoms. The van der Waals surface area contributed by atoms with E-state index in [1.165, 1.54) is 29.7 Å². The third-order valence-electron chi connectivity index (χ3n) is 4.11. The summed E-state index contributed by atoms with van der Waals surface area (Å²) < 4.78 is 0. The van der Waals surface area contributed by atoms with Crippen molar-refractivity contribution in [2.45, 2.75) is 32.1 Å². The Bertz CT molecular complexity index is 431. The summed E-state index contributed by atoms with van der Waals surface area (Å²) in [5.41, 5.74) is 7.10. The number of carbonyl (C=O) groups is 1. The van der Waals surface area contributed by atoms with Crippen LogP contribution in [-0.4, -0.2) is 30.4 Å². The molecule has 98 valence electrons. The molecule has 0 aromatic carbocycles. The van der Waals surface area contributed by atoms with Gasteiger partial charge in [0.15, 0.2) is 0 Å². The molecule has 1 atom stereocenters. The third-order valence-corrected chi connectivity index (χ3v) is 5.34. The smallest absolute Gasteiger partial charge is 0.263 e. The Labute approximate surface area is 112 Å². The van der Waals surface area contributed by atoms with Crippen LogP contribution in [-0.2, 0) is 12.8 Å². The number of fused-ring (bicyclic) bond motifs is 1. The van der Waals surface area contributed by atoms with Crippen molar-refractivity contribution in [2.24, 2.45) is 11.7 Å². The molecule has 3 rings (SSSR count). The Morgan fingerprint density at radius 2 is 2.28 bits per heavy atom. The molecule has 1 saturated heterocycles. The zero-order chi connectivity index (χ0) is 12.5. The molecule has 0 saturated carbocycles. The molecular weight excluding hydrogens is 244 g/mol. The standard InChI is InChI=1S/C14H20N2OS/c15-8-10-5-6-16(9-10)14(17)13-7-11-3-1-2-4-12(11)18-13/h7,10H,1-6,8-9,15H2. The van der Waals surface area contributed by atoms with Crippen molar-refractivity contribution in [2.75, 3.05) is 19.6 Å². The maximum Gasteiger partial charge on any atom is 0.263 e. The summed E-state index contributed by atoms with van der Waals surface area (Å²) in [4.78, 5) is 16.8. The van der Waals surface area contributed by atoms with E-state index in [1.54, 1.807) is 11.3 Å². The van der Waals surface area contributed by atoms with Crippen molar-refractivity contribution in [3.05, 3.63) is 21.4 Å². The highest BCUT2D eigenvalue weighted by Crippen LogP contribution is 2.31. The molecular formula is C14H20N2OS. The summed E-state index contributed by atoms with van der Waals surface area (Å²) >= 11 is 1.72. The van der Waals surface area contributed by atoms with Crippen molar-refractivity contribution in [1.29, 1.82) is 0 Å². The van der Waals surface area contributed by atoms with Gasteiger partial charge in [0.05, 0.1) is 4.88 Å². The van der Waals surface area contributed by atoms with Crippen molar-refractivity contribution in [3.63, 3.8) is 0 Å². The molecule has 1 aliphatic carbocycles. The highest BCUT2D eigenvalue weighted by molar-refractivity contribution is 7.14. The van der Waals surface area contributed by atoms with Crippen LogP contribution in [0.1, 0.15) is 39.4 Å². The first-order valence-corrected chi connectivity index (χ1v) is 7.70. The van der Waals surface area contributed by atoms with Crippen LogP contribution in [0.2, 0.25) is 0 Å². The summed E-state index contributed by atoms with van der Waals surface area (Å²) in [6, 6.07) is 2.14. The highest BCUT2D eigenvalue weighted by atomic mass is 32.1. The number of hydrogen-bond donors (Lipinski definition) is 1. The SMILES string of the molecule is NCC1CCN(C(=O)c2cc3c(s2)CCCC3)C1. The molecule has 1 aliphatic heterocycles. The molecule has 1 aromatic heterocycles. The highest BCUT2D eigenvalue weighted by Gasteiger charge is 2.27. The molecule has 1 unspecified atom stereocenters. The van der Waals surface area contributed by atoms with Gasteiger partial charge < -0.3 is 10.6 Å². The molecule has 1 aromatic rings. The van der Waals surface area contributed by atoms with E-state index in [0.717, 1.165) is 30.8 Å². The quantitative estimate of drug-likeness (QED) is 0.888. The number of nitrogens with two attached hydrogens (primary N) is 1. The van der Waals surface area contributed by atoms with Gasteiger partial charge in [0.1, 0.15) is 0 Å². The van der Waals surface area contributed by atoms with Gasteiger partial charge in [0.25, 0.3) is 5.91 Å². The van der Waals surface area contributed by atoms with Crippen LogP contribution < -0.4 is 5.73 Å². The predicted octanol–water partition coefficient (Wildman–Crippen LogP) is 2.05. The van der Waals surface area contributed by atoms with Gasteiger partial charge in [-0.05, 0) is 56.2 Å². The second kappa shape index (κ2) is 5.02. The van der Waals surface area contributed by atoms with Gasteiger partial charge in [-0.3, -0.25) is 4.79 Å². The normalized spacial score (nSPS) is 23.2. The lowest BCUT2D eigenvalue weighted by molar-refractivity contribution is 0.0792. The minimum absolute atomic E-state index is 0.227. The minimum atomic E-state index is 0.227. The van der Waals surface area contributed by atoms with E-state index in [0.29, 0.717) is 12.5 Å². The monoisotopic (exact) mass is 264 g/mol. The Balaban J connectivity index is 1.74. The Morgan fingerprint density at radius 3 is 3.00 bits per heavy atom. The van der Waals surface area contributed by atoms with Gasteiger partial charge in [0, 0.05) is 18.0 Å². The molecule has 0 radical (unpaired) electrons. The number of likely N-dealkylation sites (tertiary alicyclic amines) is 1. The molecule has 0 spiro atoms. The summed E-state index contributed by atoms with van der Waals surface area (Å²) in [5.74, 6) is 0.730. The van der Waals surface area contributed by atoms with Gasteiger partial charge in [0.2, 0.25) is 0 Å². The van der Waals surface area contributed by atoms with Crippen LogP contribution in [0.4, 0.5) is 0 Å². The fraction of sp³-hybridized carbons (Fsp3) is 0.643. The number of nitrogens with zero attached hydrogens (tertiary/aromatic N) is 1. The zero-order valence-electron chi connectivity index (χ0n) is 10.7. The van der Waals surface area contributed by atoms with Crippen LogP contribution in [0.25, 0.3) is 0 Å². The van der Waals surface area contributed by atoms with E-state index in [2.05, 4.69) is 6.07 Å². The van der Waals surface area contributed by atoms with Crippen molar-refractivity contribution >= 4 is 17.2 Å². The Hall–Kier alpha value is -0.870. The van der Waals surface area contributed by atoms with Gasteiger partial charge in [-0.2, -0.15) is 0 Å². The second-order valence-electron chi connectivity index (χ2n) is 5.41. The van der Waals surface area contributed by atoms with Crippen LogP contribution in [0.15, 0.2) is 6.07 Å². The molecule has 1 fully saturated rings. The van der Waals surface area contributed by atoms with E-state index in [1.807, 2.05) is 4.90 Å². The average molecular weight is 264 g/mol. The van der Waals surface area contributed by atoms with E-state index in [9.17, 15) is 4.79 Å². The van der Waals surface area contributed by atoms with E-state index >= 15 is 0 Å². The predicted molar refractivity (Wildman–Crippen MR) is 74.0 cm³/mol. The van der Waals surface area contributed by atoms with E-state index < -0.39 is 0 Å². The number of aryl methyl sites for hydroxylation is 2. The van der Waals surface area contributed by atoms with Crippen LogP contribution in [0.5, 0.6) is 0 Å². The molecule has 3 nitrogen and oxygen atoms in total. The average Bonchev–Trinajstić information content (AvgIpc) is 3.04. The van der Waals surface area contributed by atoms with E-state index in [-0.39, 0.29) is 5.91 Å². The van der Waals surface area contributed by atoms with Crippen LogP contribution in [0.3, 0.4) is 0 Å². The lowest BCUT2D eigenvalue weighted by atomic mass is 9.99. The number of thiophene rings is 1. The molecule has 4 heteroatoms. The van der Waals surface area contributed by atoms with Gasteiger partial charge in [-0.15, -0.1) is 11.3 Å². The largest absolute Gasteiger partial charge is 0.338 e. The Kier molecular flexibility index (Phi) is 3.39. The fourth-order valence-corrected chi connectivity index (χ4v) is 4.18. The maximum absolute atomic E-state index is 12.4. The van der Waals surface area contributed by atoms with Gasteiger partial charge in [-0.25, -0.2) is 0 Å². The summed E-state index contributed by atoms with van der Waals surface area (Å²) in [7, 11) is 0. The van der Waals surface area contributed by atoms with Crippen molar-refractivity contribution in [3.8, 4) is 0 Å². The molecule has 2 heterocycles. The fourth-order valence-electron chi connectivity index (χ4n) is 2.96. The van der Waals surface area contributed by atoms with E-state index in [4.69, 9.17) is 5.73 Å². The first-order chi connectivity index (χ1) is 8.78. The second-order valence-corrected chi connectivity index (χ2v) is 6.54. The zero-order valence-corrected chi connectivity index (χ0v) is 11.5. The molecule has 2 aliphatic rings. The van der Waals surface area contributed by atoms with Gasteiger partial charge >= 0.3 is 0 Å². The van der Waals surface area contributed by atoms with Crippen molar-refractivity contribution in [1.82, 2.24) is 4.90 Å². The number of amides is 1. The molecule has 1 amide bonds. The number of rotatable bonds is 2. The minimum Gasteiger partial charge on any atom is -0.338 e. The summed E-state index contributed by atoms with van der Waals surface area (Å²) in [5, 5.41) is 0. The lowest BCUT2D eigenvalue weighted by Crippen LogP contribution is -2.29. The maximum atomic E-state index is 12.4. The van der Waals surface area contributed by atoms with Crippen molar-refractivity contribution < 1.29 is 4.79 Å². The number of hydrogen-bond acceptors (Lipinski definition) is 3. The number of carbonyl (C=O) groups excluding carboxylic acids is 1. The Morgan fingerprint density at radius 1 is 1.44 bits per heavy atom. The summed E-state index contributed by atoms with van der Waals surface area (Å²) in [6.45, 7) is 2.42. The molecule has 18 heavy (non-hydrogen) atoms. The molecule has 2 N–H and O–H groups in total. The van der Waals surface area contributed by atoms with Crippen LogP contribution in [0, 0.1) is 5.92 Å². The third kappa shape index (κ3) is 2.19. The lowest BCUT2D eigenvalue weighted by Gasteiger charge is -2.14.